The number of allylic oxidation sites excluding steroid dienone is 5. The minimum Gasteiger partial charge on any atom is -0.410 e. The molecule has 0 saturated heterocycles. The first kappa shape index (κ1) is 30.6. The maximum atomic E-state index is 10.7. The highest BCUT2D eigenvalue weighted by molar-refractivity contribution is 6.74. The normalized spacial score (nSPS) is 35.5. The second-order valence-electron chi connectivity index (χ2n) is 14.9. The van der Waals surface area contributed by atoms with E-state index in [1.165, 1.54) is 37.7 Å². The Morgan fingerprint density at radius 3 is 2.38 bits per heavy atom. The molecule has 3 aliphatic rings. The predicted octanol–water partition coefficient (Wildman–Crippen LogP) is 9.64. The molecule has 37 heavy (non-hydrogen) atoms. The summed E-state index contributed by atoms with van der Waals surface area (Å²) >= 11 is 0. The number of rotatable bonds is 7. The zero-order valence-electron chi connectivity index (χ0n) is 25.9. The van der Waals surface area contributed by atoms with Gasteiger partial charge in [-0.05, 0) is 103 Å². The number of hydrogen-bond acceptors (Lipinski definition) is 2. The van der Waals surface area contributed by atoms with Gasteiger partial charge in [-0.3, -0.25) is 0 Å². The van der Waals surface area contributed by atoms with Crippen LogP contribution in [0.3, 0.4) is 0 Å². The van der Waals surface area contributed by atoms with E-state index in [0.29, 0.717) is 41.9 Å². The van der Waals surface area contributed by atoms with Crippen LogP contribution in [0.25, 0.3) is 0 Å². The fourth-order valence-electron chi connectivity index (χ4n) is 6.95. The third-order valence-corrected chi connectivity index (χ3v) is 15.4. The fourth-order valence-corrected chi connectivity index (χ4v) is 8.25. The molecule has 0 radical (unpaired) electrons. The van der Waals surface area contributed by atoms with Crippen molar-refractivity contribution >= 4 is 8.32 Å². The molecule has 3 fully saturated rings. The molecule has 2 nitrogen and oxygen atoms in total. The summed E-state index contributed by atoms with van der Waals surface area (Å²) in [6, 6.07) is 0. The van der Waals surface area contributed by atoms with E-state index in [0.717, 1.165) is 11.5 Å². The molecule has 0 aliphatic heterocycles. The van der Waals surface area contributed by atoms with Gasteiger partial charge < -0.3 is 9.53 Å². The molecule has 0 spiro atoms. The van der Waals surface area contributed by atoms with Gasteiger partial charge in [-0.2, -0.15) is 0 Å². The molecule has 1 N–H and O–H groups in total. The van der Waals surface area contributed by atoms with Gasteiger partial charge in [-0.1, -0.05) is 91.8 Å². The summed E-state index contributed by atoms with van der Waals surface area (Å²) in [7, 11) is -1.94. The Hall–Kier alpha value is -0.903. The highest BCUT2D eigenvalue weighted by Crippen LogP contribution is 2.59. The van der Waals surface area contributed by atoms with Crippen molar-refractivity contribution in [2.75, 3.05) is 0 Å². The van der Waals surface area contributed by atoms with Crippen LogP contribution in [-0.2, 0) is 4.43 Å². The van der Waals surface area contributed by atoms with Gasteiger partial charge in [0.2, 0.25) is 0 Å². The Labute approximate surface area is 230 Å². The lowest BCUT2D eigenvalue weighted by atomic mass is 9.61. The van der Waals surface area contributed by atoms with Gasteiger partial charge in [-0.15, -0.1) is 0 Å². The predicted molar refractivity (Wildman–Crippen MR) is 163 cm³/mol. The molecule has 0 unspecified atom stereocenters. The van der Waals surface area contributed by atoms with Gasteiger partial charge in [0, 0.05) is 6.42 Å². The molecule has 0 aromatic carbocycles. The quantitative estimate of drug-likeness (QED) is 0.264. The second kappa shape index (κ2) is 11.7. The first-order valence-corrected chi connectivity index (χ1v) is 18.1. The van der Waals surface area contributed by atoms with Crippen molar-refractivity contribution in [2.45, 2.75) is 131 Å². The summed E-state index contributed by atoms with van der Waals surface area (Å²) in [4.78, 5) is 0. The summed E-state index contributed by atoms with van der Waals surface area (Å²) in [6.07, 6.45) is 17.2. The number of fused-ring (bicyclic) bond motifs is 1. The molecule has 210 valence electrons. The van der Waals surface area contributed by atoms with E-state index in [1.807, 2.05) is 0 Å². The lowest BCUT2D eigenvalue weighted by Gasteiger charge is -2.44. The lowest BCUT2D eigenvalue weighted by Crippen LogP contribution is -2.46. The third-order valence-electron chi connectivity index (χ3n) is 10.9. The first-order chi connectivity index (χ1) is 17.1. The van der Waals surface area contributed by atoms with Crippen molar-refractivity contribution in [3.8, 4) is 0 Å². The molecular weight excluding hydrogens is 468 g/mol. The highest BCUT2D eigenvalue weighted by Gasteiger charge is 2.50. The Morgan fingerprint density at radius 2 is 1.76 bits per heavy atom. The number of hydrogen-bond donors (Lipinski definition) is 1. The zero-order chi connectivity index (χ0) is 27.8. The van der Waals surface area contributed by atoms with Crippen molar-refractivity contribution in [3.05, 3.63) is 47.6 Å². The Morgan fingerprint density at radius 1 is 1.08 bits per heavy atom. The Kier molecular flexibility index (Phi) is 9.67. The smallest absolute Gasteiger partial charge is 0.192 e. The van der Waals surface area contributed by atoms with E-state index in [9.17, 15) is 5.11 Å². The minimum atomic E-state index is -1.94. The molecule has 0 aromatic rings. The SMILES string of the molecule is C=C1/C(=C/C=C2\CCC[C@]3(C)[C@@H]([C@H](C)/C=C/[C@H](C)C(C)C)CC[C@@H]23)C[C@@H](O)C[C@@H]1O[Si](C)(C)C(C)(C)C. The summed E-state index contributed by atoms with van der Waals surface area (Å²) in [5.74, 6) is 3.42. The molecule has 3 aliphatic carbocycles. The van der Waals surface area contributed by atoms with Crippen LogP contribution in [0.5, 0.6) is 0 Å². The molecular formula is C34H58O2Si. The van der Waals surface area contributed by atoms with Gasteiger partial charge in [0.25, 0.3) is 0 Å². The van der Waals surface area contributed by atoms with Crippen molar-refractivity contribution < 1.29 is 9.53 Å². The van der Waals surface area contributed by atoms with Gasteiger partial charge in [0.1, 0.15) is 0 Å². The Bertz CT molecular complexity index is 901. The van der Waals surface area contributed by atoms with Gasteiger partial charge in [0.15, 0.2) is 8.32 Å². The Balaban J connectivity index is 1.78. The molecule has 7 atom stereocenters. The maximum absolute atomic E-state index is 10.7. The highest BCUT2D eigenvalue weighted by atomic mass is 28.4. The number of aliphatic hydroxyl groups excluding tert-OH is 1. The van der Waals surface area contributed by atoms with E-state index in [2.05, 4.69) is 99.4 Å². The lowest BCUT2D eigenvalue weighted by molar-refractivity contribution is 0.0907. The summed E-state index contributed by atoms with van der Waals surface area (Å²) < 4.78 is 6.74. The van der Waals surface area contributed by atoms with Crippen LogP contribution in [0.4, 0.5) is 0 Å². The van der Waals surface area contributed by atoms with E-state index in [-0.39, 0.29) is 17.2 Å². The topological polar surface area (TPSA) is 29.5 Å². The second-order valence-corrected chi connectivity index (χ2v) is 19.6. The van der Waals surface area contributed by atoms with Crippen LogP contribution in [0, 0.1) is 35.0 Å². The van der Waals surface area contributed by atoms with Crippen LogP contribution in [0.2, 0.25) is 18.1 Å². The van der Waals surface area contributed by atoms with Crippen molar-refractivity contribution in [1.82, 2.24) is 0 Å². The number of aliphatic hydroxyl groups is 1. The standard InChI is InChI=1S/C34H58O2Si/c1-23(2)24(3)14-15-25(4)30-18-19-31-27(13-12-20-34(30,31)9)16-17-28-21-29(35)22-32(26(28)5)36-37(10,11)33(6,7)8/h14-17,23-25,29-32,35H,5,12-13,18-22H2,1-4,6-11H3/b15-14+,27-16+,28-17+/t24-,25+,29+,30+,31-,32-,34+/m0/s1. The van der Waals surface area contributed by atoms with Crippen molar-refractivity contribution in [3.63, 3.8) is 0 Å². The molecule has 3 saturated carbocycles. The average Bonchev–Trinajstić information content (AvgIpc) is 3.14. The largest absolute Gasteiger partial charge is 0.410 e. The summed E-state index contributed by atoms with van der Waals surface area (Å²) in [5.41, 5.74) is 4.30. The summed E-state index contributed by atoms with van der Waals surface area (Å²) in [6.45, 7) is 27.9. The van der Waals surface area contributed by atoms with Crippen LogP contribution >= 0.6 is 0 Å². The summed E-state index contributed by atoms with van der Waals surface area (Å²) in [5, 5.41) is 10.9. The molecule has 3 heteroatoms. The van der Waals surface area contributed by atoms with Crippen molar-refractivity contribution in [1.29, 1.82) is 0 Å². The van der Waals surface area contributed by atoms with E-state index < -0.39 is 8.32 Å². The first-order valence-electron chi connectivity index (χ1n) is 15.2. The van der Waals surface area contributed by atoms with Crippen LogP contribution in [0.15, 0.2) is 47.6 Å². The van der Waals surface area contributed by atoms with E-state index in [4.69, 9.17) is 4.43 Å². The van der Waals surface area contributed by atoms with Gasteiger partial charge >= 0.3 is 0 Å². The minimum absolute atomic E-state index is 0.0670. The van der Waals surface area contributed by atoms with E-state index in [1.54, 1.807) is 5.57 Å². The van der Waals surface area contributed by atoms with Crippen LogP contribution in [-0.4, -0.2) is 25.6 Å². The van der Waals surface area contributed by atoms with Crippen LogP contribution in [0.1, 0.15) is 100 Å². The third kappa shape index (κ3) is 6.82. The molecule has 0 heterocycles. The maximum Gasteiger partial charge on any atom is 0.192 e. The molecule has 0 aromatic heterocycles. The van der Waals surface area contributed by atoms with Crippen LogP contribution < -0.4 is 0 Å². The van der Waals surface area contributed by atoms with Crippen molar-refractivity contribution in [2.24, 2.45) is 35.0 Å². The van der Waals surface area contributed by atoms with Gasteiger partial charge in [0.05, 0.1) is 12.2 Å². The molecule has 0 bridgehead atoms. The monoisotopic (exact) mass is 526 g/mol. The van der Waals surface area contributed by atoms with Gasteiger partial charge in [-0.25, -0.2) is 0 Å². The average molecular weight is 527 g/mol. The molecule has 3 rings (SSSR count). The van der Waals surface area contributed by atoms with E-state index >= 15 is 0 Å². The molecule has 0 amide bonds. The fraction of sp³-hybridized carbons (Fsp3) is 0.765. The zero-order valence-corrected chi connectivity index (χ0v) is 26.9.